The smallest absolute Gasteiger partial charge is 0.338 e. The highest BCUT2D eigenvalue weighted by atomic mass is 16.5. The van der Waals surface area contributed by atoms with Gasteiger partial charge in [-0.25, -0.2) is 4.79 Å². The van der Waals surface area contributed by atoms with E-state index in [1.54, 1.807) is 29.2 Å². The summed E-state index contributed by atoms with van der Waals surface area (Å²) in [4.78, 5) is 41.0. The molecule has 1 aliphatic heterocycles. The third-order valence-corrected chi connectivity index (χ3v) is 5.22. The average Bonchev–Trinajstić information content (AvgIpc) is 3.20. The van der Waals surface area contributed by atoms with Crippen LogP contribution < -0.4 is 11.1 Å². The van der Waals surface area contributed by atoms with E-state index in [0.29, 0.717) is 35.7 Å². The quantitative estimate of drug-likeness (QED) is 0.693. The number of amides is 2. The van der Waals surface area contributed by atoms with E-state index in [9.17, 15) is 14.4 Å². The topological polar surface area (TPSA) is 108 Å². The second kappa shape index (κ2) is 8.36. The van der Waals surface area contributed by atoms with Crippen LogP contribution in [0.25, 0.3) is 11.4 Å². The van der Waals surface area contributed by atoms with Crippen LogP contribution in [-0.4, -0.2) is 39.9 Å². The Bertz CT molecular complexity index is 1120. The fourth-order valence-corrected chi connectivity index (χ4v) is 3.60. The minimum atomic E-state index is -0.639. The molecular formula is C22H22N4O4. The summed E-state index contributed by atoms with van der Waals surface area (Å²) in [7, 11) is 0. The van der Waals surface area contributed by atoms with Gasteiger partial charge >= 0.3 is 5.76 Å². The lowest BCUT2D eigenvalue weighted by Crippen LogP contribution is -2.43. The molecule has 1 aromatic heterocycles. The highest BCUT2D eigenvalue weighted by molar-refractivity contribution is 5.96. The first-order chi connectivity index (χ1) is 14.5. The molecule has 0 radical (unpaired) electrons. The molecule has 8 nitrogen and oxygen atoms in total. The van der Waals surface area contributed by atoms with Gasteiger partial charge in [-0.15, -0.1) is 0 Å². The Hall–Kier alpha value is -3.68. The van der Waals surface area contributed by atoms with Crippen molar-refractivity contribution in [3.8, 4) is 11.4 Å². The van der Waals surface area contributed by atoms with Crippen molar-refractivity contribution >= 4 is 17.5 Å². The number of nitrogens with one attached hydrogen (secondary N) is 2. The SMILES string of the molecule is Cc1ccc(C(=O)N2CCCC(C(=O)Nc3cccc(-c4noc(=O)[nH]4)c3)C2)cc1. The number of likely N-dealkylation sites (tertiary alicyclic amines) is 1. The van der Waals surface area contributed by atoms with E-state index < -0.39 is 5.76 Å². The van der Waals surface area contributed by atoms with E-state index in [-0.39, 0.29) is 17.7 Å². The Kier molecular flexibility index (Phi) is 5.47. The highest BCUT2D eigenvalue weighted by Crippen LogP contribution is 2.23. The molecule has 3 aromatic rings. The number of hydrogen-bond acceptors (Lipinski definition) is 5. The number of piperidine rings is 1. The monoisotopic (exact) mass is 406 g/mol. The van der Waals surface area contributed by atoms with Crippen molar-refractivity contribution < 1.29 is 14.1 Å². The molecule has 0 saturated carbocycles. The van der Waals surface area contributed by atoms with Gasteiger partial charge in [0.25, 0.3) is 5.91 Å². The zero-order valence-electron chi connectivity index (χ0n) is 16.6. The number of anilines is 1. The Labute approximate surface area is 172 Å². The van der Waals surface area contributed by atoms with Crippen molar-refractivity contribution in [2.75, 3.05) is 18.4 Å². The average molecular weight is 406 g/mol. The molecule has 4 rings (SSSR count). The summed E-state index contributed by atoms with van der Waals surface area (Å²) in [5, 5.41) is 6.57. The maximum absolute atomic E-state index is 12.8. The molecule has 0 bridgehead atoms. The molecule has 2 aromatic carbocycles. The predicted molar refractivity (Wildman–Crippen MR) is 111 cm³/mol. The first-order valence-electron chi connectivity index (χ1n) is 9.83. The number of benzene rings is 2. The maximum atomic E-state index is 12.8. The second-order valence-electron chi connectivity index (χ2n) is 7.47. The normalized spacial score (nSPS) is 16.3. The van der Waals surface area contributed by atoms with Gasteiger partial charge in [0, 0.05) is 29.9 Å². The van der Waals surface area contributed by atoms with Crippen molar-refractivity contribution in [3.05, 3.63) is 70.2 Å². The van der Waals surface area contributed by atoms with E-state index in [4.69, 9.17) is 0 Å². The molecule has 1 saturated heterocycles. The van der Waals surface area contributed by atoms with Crippen LogP contribution in [0.2, 0.25) is 0 Å². The van der Waals surface area contributed by atoms with Gasteiger partial charge in [-0.05, 0) is 44.0 Å². The van der Waals surface area contributed by atoms with Gasteiger partial charge < -0.3 is 10.2 Å². The first kappa shape index (κ1) is 19.6. The summed E-state index contributed by atoms with van der Waals surface area (Å²) in [5.74, 6) is -0.820. The number of hydrogen-bond donors (Lipinski definition) is 2. The van der Waals surface area contributed by atoms with E-state index >= 15 is 0 Å². The van der Waals surface area contributed by atoms with Crippen molar-refractivity contribution in [2.24, 2.45) is 5.92 Å². The van der Waals surface area contributed by atoms with Crippen LogP contribution in [-0.2, 0) is 4.79 Å². The Balaban J connectivity index is 1.43. The van der Waals surface area contributed by atoms with Gasteiger partial charge in [-0.1, -0.05) is 35.0 Å². The molecule has 2 amide bonds. The minimum absolute atomic E-state index is 0.0514. The summed E-state index contributed by atoms with van der Waals surface area (Å²) >= 11 is 0. The van der Waals surface area contributed by atoms with Crippen molar-refractivity contribution in [2.45, 2.75) is 19.8 Å². The number of carbonyl (C=O) groups is 2. The summed E-state index contributed by atoms with van der Waals surface area (Å²) in [6.45, 7) is 3.01. The molecule has 1 unspecified atom stereocenters. The van der Waals surface area contributed by atoms with Crippen LogP contribution >= 0.6 is 0 Å². The molecule has 2 heterocycles. The van der Waals surface area contributed by atoms with Gasteiger partial charge in [0.15, 0.2) is 5.82 Å². The number of nitrogens with zero attached hydrogens (tertiary/aromatic N) is 2. The number of carbonyl (C=O) groups excluding carboxylic acids is 2. The van der Waals surface area contributed by atoms with E-state index in [2.05, 4.69) is 20.0 Å². The largest absolute Gasteiger partial charge is 0.439 e. The molecule has 2 N–H and O–H groups in total. The van der Waals surface area contributed by atoms with Crippen LogP contribution in [0.4, 0.5) is 5.69 Å². The van der Waals surface area contributed by atoms with Crippen molar-refractivity contribution in [1.82, 2.24) is 15.0 Å². The molecule has 1 fully saturated rings. The van der Waals surface area contributed by atoms with E-state index in [1.165, 1.54) is 0 Å². The van der Waals surface area contributed by atoms with Crippen LogP contribution in [0, 0.1) is 12.8 Å². The number of H-pyrrole nitrogens is 1. The standard InChI is InChI=1S/C22H22N4O4/c1-14-7-9-15(10-8-14)21(28)26-11-3-5-17(13-26)20(27)23-18-6-2-4-16(12-18)19-24-22(29)30-25-19/h2,4,6-10,12,17H,3,5,11,13H2,1H3,(H,23,27)(H,24,25,29). The first-order valence-corrected chi connectivity index (χ1v) is 9.83. The molecule has 30 heavy (non-hydrogen) atoms. The van der Waals surface area contributed by atoms with Crippen LogP contribution in [0.1, 0.15) is 28.8 Å². The van der Waals surface area contributed by atoms with Gasteiger partial charge in [-0.2, -0.15) is 0 Å². The second-order valence-corrected chi connectivity index (χ2v) is 7.47. The highest BCUT2D eigenvalue weighted by Gasteiger charge is 2.29. The number of aromatic nitrogens is 2. The Morgan fingerprint density at radius 3 is 2.73 bits per heavy atom. The molecular weight excluding hydrogens is 384 g/mol. The van der Waals surface area contributed by atoms with Crippen molar-refractivity contribution in [3.63, 3.8) is 0 Å². The minimum Gasteiger partial charge on any atom is -0.338 e. The van der Waals surface area contributed by atoms with E-state index in [0.717, 1.165) is 18.4 Å². The van der Waals surface area contributed by atoms with Crippen LogP contribution in [0.15, 0.2) is 57.8 Å². The van der Waals surface area contributed by atoms with Gasteiger partial charge in [0.2, 0.25) is 5.91 Å². The van der Waals surface area contributed by atoms with Crippen LogP contribution in [0.3, 0.4) is 0 Å². The molecule has 8 heteroatoms. The summed E-state index contributed by atoms with van der Waals surface area (Å²) in [6.07, 6.45) is 1.50. The van der Waals surface area contributed by atoms with E-state index in [1.807, 2.05) is 31.2 Å². The molecule has 154 valence electrons. The number of aryl methyl sites for hydroxylation is 1. The zero-order valence-corrected chi connectivity index (χ0v) is 16.6. The van der Waals surface area contributed by atoms with Gasteiger partial charge in [-0.3, -0.25) is 19.1 Å². The number of aromatic amines is 1. The zero-order chi connectivity index (χ0) is 21.1. The van der Waals surface area contributed by atoms with Gasteiger partial charge in [0.1, 0.15) is 0 Å². The fraction of sp³-hybridized carbons (Fsp3) is 0.273. The molecule has 0 spiro atoms. The third kappa shape index (κ3) is 4.32. The molecule has 1 aliphatic rings. The van der Waals surface area contributed by atoms with Crippen LogP contribution in [0.5, 0.6) is 0 Å². The lowest BCUT2D eigenvalue weighted by Gasteiger charge is -2.32. The summed E-state index contributed by atoms with van der Waals surface area (Å²) in [6, 6.07) is 14.5. The van der Waals surface area contributed by atoms with Gasteiger partial charge in [0.05, 0.1) is 5.92 Å². The van der Waals surface area contributed by atoms with Crippen molar-refractivity contribution in [1.29, 1.82) is 0 Å². The lowest BCUT2D eigenvalue weighted by molar-refractivity contribution is -0.121. The Morgan fingerprint density at radius 1 is 1.20 bits per heavy atom. The molecule has 1 atom stereocenters. The number of rotatable bonds is 4. The summed E-state index contributed by atoms with van der Waals surface area (Å²) < 4.78 is 4.53. The summed E-state index contributed by atoms with van der Waals surface area (Å²) in [5.41, 5.74) is 2.94. The Morgan fingerprint density at radius 2 is 2.00 bits per heavy atom. The predicted octanol–water partition coefficient (Wildman–Crippen LogP) is 2.83. The lowest BCUT2D eigenvalue weighted by atomic mass is 9.96. The fourth-order valence-electron chi connectivity index (χ4n) is 3.60. The maximum Gasteiger partial charge on any atom is 0.439 e. The third-order valence-electron chi connectivity index (χ3n) is 5.22. The molecule has 0 aliphatic carbocycles.